The minimum atomic E-state index is 0.309. The summed E-state index contributed by atoms with van der Waals surface area (Å²) in [4.78, 5) is 8.21. The molecule has 2 aromatic rings. The molecule has 1 heterocycles. The van der Waals surface area contributed by atoms with Crippen molar-refractivity contribution in [1.29, 1.82) is 0 Å². The minimum absolute atomic E-state index is 0.309. The van der Waals surface area contributed by atoms with E-state index >= 15 is 0 Å². The van der Waals surface area contributed by atoms with Crippen LogP contribution < -0.4 is 9.47 Å². The third kappa shape index (κ3) is 3.34. The highest BCUT2D eigenvalue weighted by atomic mass is 35.5. The van der Waals surface area contributed by atoms with Crippen molar-refractivity contribution in [3.05, 3.63) is 42.4 Å². The summed E-state index contributed by atoms with van der Waals surface area (Å²) < 4.78 is 11.0. The van der Waals surface area contributed by atoms with E-state index in [-0.39, 0.29) is 0 Å². The molecule has 94 valence electrons. The van der Waals surface area contributed by atoms with Gasteiger partial charge in [0.2, 0.25) is 5.88 Å². The highest BCUT2D eigenvalue weighted by molar-refractivity contribution is 6.16. The number of aromatic nitrogens is 2. The van der Waals surface area contributed by atoms with Crippen LogP contribution in [-0.4, -0.2) is 16.6 Å². The van der Waals surface area contributed by atoms with Crippen LogP contribution in [0.1, 0.15) is 12.6 Å². The van der Waals surface area contributed by atoms with Crippen molar-refractivity contribution in [2.24, 2.45) is 0 Å². The van der Waals surface area contributed by atoms with Crippen LogP contribution in [0.4, 0.5) is 0 Å². The predicted molar refractivity (Wildman–Crippen MR) is 69.3 cm³/mol. The first-order chi connectivity index (χ1) is 8.81. The molecule has 4 nitrogen and oxygen atoms in total. The zero-order valence-corrected chi connectivity index (χ0v) is 10.7. The van der Waals surface area contributed by atoms with Crippen molar-refractivity contribution in [3.8, 4) is 17.4 Å². The number of nitrogens with zero attached hydrogens (tertiary/aromatic N) is 2. The quantitative estimate of drug-likeness (QED) is 0.777. The van der Waals surface area contributed by atoms with Gasteiger partial charge < -0.3 is 9.47 Å². The summed E-state index contributed by atoms with van der Waals surface area (Å²) in [5.41, 5.74) is 0.676. The highest BCUT2D eigenvalue weighted by Crippen LogP contribution is 2.23. The summed E-state index contributed by atoms with van der Waals surface area (Å²) in [5, 5.41) is 0. The van der Waals surface area contributed by atoms with Crippen LogP contribution in [-0.2, 0) is 5.88 Å². The van der Waals surface area contributed by atoms with Crippen molar-refractivity contribution in [2.75, 3.05) is 6.61 Å². The van der Waals surface area contributed by atoms with E-state index in [9.17, 15) is 0 Å². The molecule has 0 amide bonds. The van der Waals surface area contributed by atoms with E-state index in [1.54, 1.807) is 18.5 Å². The predicted octanol–water partition coefficient (Wildman–Crippen LogP) is 3.41. The Morgan fingerprint density at radius 3 is 2.83 bits per heavy atom. The van der Waals surface area contributed by atoms with E-state index in [4.69, 9.17) is 21.1 Å². The molecule has 0 aliphatic carbocycles. The van der Waals surface area contributed by atoms with Crippen LogP contribution in [0.2, 0.25) is 0 Å². The normalized spacial score (nSPS) is 10.1. The Kier molecular flexibility index (Phi) is 4.36. The Bertz CT molecular complexity index is 520. The monoisotopic (exact) mass is 264 g/mol. The van der Waals surface area contributed by atoms with Crippen molar-refractivity contribution >= 4 is 11.6 Å². The Labute approximate surface area is 111 Å². The van der Waals surface area contributed by atoms with Crippen LogP contribution in [0.15, 0.2) is 36.7 Å². The van der Waals surface area contributed by atoms with E-state index in [1.807, 2.05) is 25.1 Å². The molecule has 1 aromatic carbocycles. The summed E-state index contributed by atoms with van der Waals surface area (Å²) in [7, 11) is 0. The molecule has 5 heteroatoms. The van der Waals surface area contributed by atoms with Crippen molar-refractivity contribution in [3.63, 3.8) is 0 Å². The summed E-state index contributed by atoms with van der Waals surface area (Å²) >= 11 is 5.69. The molecule has 0 radical (unpaired) electrons. The van der Waals surface area contributed by atoms with Crippen LogP contribution in [0.25, 0.3) is 0 Å². The Hall–Kier alpha value is -1.81. The third-order valence-electron chi connectivity index (χ3n) is 2.14. The van der Waals surface area contributed by atoms with E-state index in [2.05, 4.69) is 9.97 Å². The lowest BCUT2D eigenvalue weighted by molar-refractivity contribution is 0.338. The topological polar surface area (TPSA) is 44.2 Å². The number of ether oxygens (including phenoxy) is 2. The maximum atomic E-state index is 5.69. The molecule has 0 saturated carbocycles. The molecule has 0 saturated heterocycles. The second-order valence-electron chi connectivity index (χ2n) is 3.49. The Balaban J connectivity index is 2.14. The molecule has 2 rings (SSSR count). The van der Waals surface area contributed by atoms with Gasteiger partial charge in [0.05, 0.1) is 24.4 Å². The summed E-state index contributed by atoms with van der Waals surface area (Å²) in [6, 6.07) is 7.37. The van der Waals surface area contributed by atoms with Crippen LogP contribution in [0.3, 0.4) is 0 Å². The van der Waals surface area contributed by atoms with E-state index in [0.717, 1.165) is 5.75 Å². The van der Waals surface area contributed by atoms with Gasteiger partial charge in [-0.1, -0.05) is 6.07 Å². The molecule has 0 spiro atoms. The van der Waals surface area contributed by atoms with Gasteiger partial charge in [0.15, 0.2) is 0 Å². The molecule has 0 N–H and O–H groups in total. The average Bonchev–Trinajstić information content (AvgIpc) is 2.40. The van der Waals surface area contributed by atoms with E-state index in [0.29, 0.717) is 29.8 Å². The van der Waals surface area contributed by atoms with Gasteiger partial charge in [0.25, 0.3) is 0 Å². The second-order valence-corrected chi connectivity index (χ2v) is 3.76. The van der Waals surface area contributed by atoms with E-state index < -0.39 is 0 Å². The molecule has 18 heavy (non-hydrogen) atoms. The first-order valence-corrected chi connectivity index (χ1v) is 6.13. The summed E-state index contributed by atoms with van der Waals surface area (Å²) in [5.74, 6) is 2.14. The lowest BCUT2D eigenvalue weighted by atomic mass is 10.3. The summed E-state index contributed by atoms with van der Waals surface area (Å²) in [6.07, 6.45) is 3.15. The van der Waals surface area contributed by atoms with Gasteiger partial charge >= 0.3 is 0 Å². The van der Waals surface area contributed by atoms with Crippen molar-refractivity contribution in [1.82, 2.24) is 9.97 Å². The molecular weight excluding hydrogens is 252 g/mol. The fraction of sp³-hybridized carbons (Fsp3) is 0.231. The minimum Gasteiger partial charge on any atom is -0.494 e. The van der Waals surface area contributed by atoms with Gasteiger partial charge in [-0.15, -0.1) is 11.6 Å². The van der Waals surface area contributed by atoms with Gasteiger partial charge in [-0.3, -0.25) is 4.98 Å². The Morgan fingerprint density at radius 2 is 2.06 bits per heavy atom. The van der Waals surface area contributed by atoms with Crippen molar-refractivity contribution in [2.45, 2.75) is 12.8 Å². The van der Waals surface area contributed by atoms with E-state index in [1.165, 1.54) is 0 Å². The number of benzene rings is 1. The molecule has 0 fully saturated rings. The standard InChI is InChI=1S/C13H13ClN2O2/c1-2-17-11-4-3-5-12(6-11)18-13-9-15-8-10(7-14)16-13/h3-6,8-9H,2,7H2,1H3. The summed E-state index contributed by atoms with van der Waals surface area (Å²) in [6.45, 7) is 2.55. The smallest absolute Gasteiger partial charge is 0.238 e. The van der Waals surface area contributed by atoms with Gasteiger partial charge in [0, 0.05) is 12.3 Å². The molecule has 1 aromatic heterocycles. The molecule has 0 unspecified atom stereocenters. The van der Waals surface area contributed by atoms with Gasteiger partial charge in [-0.2, -0.15) is 0 Å². The lowest BCUT2D eigenvalue weighted by Gasteiger charge is -2.07. The number of hydrogen-bond acceptors (Lipinski definition) is 4. The average molecular weight is 265 g/mol. The molecule has 0 atom stereocenters. The highest BCUT2D eigenvalue weighted by Gasteiger charge is 2.02. The van der Waals surface area contributed by atoms with Crippen LogP contribution in [0, 0.1) is 0 Å². The maximum Gasteiger partial charge on any atom is 0.238 e. The Morgan fingerprint density at radius 1 is 1.22 bits per heavy atom. The van der Waals surface area contributed by atoms with Gasteiger partial charge in [-0.05, 0) is 19.1 Å². The SMILES string of the molecule is CCOc1cccc(Oc2cncc(CCl)n2)c1. The zero-order chi connectivity index (χ0) is 12.8. The second kappa shape index (κ2) is 6.21. The van der Waals surface area contributed by atoms with Crippen LogP contribution >= 0.6 is 11.6 Å². The first-order valence-electron chi connectivity index (χ1n) is 5.59. The lowest BCUT2D eigenvalue weighted by Crippen LogP contribution is -1.94. The number of halogens is 1. The third-order valence-corrected chi connectivity index (χ3v) is 2.41. The number of rotatable bonds is 5. The molecule has 0 aliphatic rings. The number of hydrogen-bond donors (Lipinski definition) is 0. The fourth-order valence-corrected chi connectivity index (χ4v) is 1.54. The van der Waals surface area contributed by atoms with Gasteiger partial charge in [0.1, 0.15) is 11.5 Å². The molecule has 0 bridgehead atoms. The largest absolute Gasteiger partial charge is 0.494 e. The van der Waals surface area contributed by atoms with Crippen LogP contribution in [0.5, 0.6) is 17.4 Å². The van der Waals surface area contributed by atoms with Gasteiger partial charge in [-0.25, -0.2) is 4.98 Å². The zero-order valence-electron chi connectivity index (χ0n) is 9.97. The molecular formula is C13H13ClN2O2. The van der Waals surface area contributed by atoms with Crippen molar-refractivity contribution < 1.29 is 9.47 Å². The maximum absolute atomic E-state index is 5.69. The number of alkyl halides is 1. The fourth-order valence-electron chi connectivity index (χ4n) is 1.41. The first kappa shape index (κ1) is 12.6. The molecule has 0 aliphatic heterocycles.